The second-order valence-electron chi connectivity index (χ2n) is 4.91. The minimum absolute atomic E-state index is 0.559. The Morgan fingerprint density at radius 1 is 0.722 bits per heavy atom. The zero-order chi connectivity index (χ0) is 13.7. The first-order chi connectivity index (χ1) is 8.62. The van der Waals surface area contributed by atoms with Gasteiger partial charge >= 0.3 is 7.60 Å². The van der Waals surface area contributed by atoms with Crippen LogP contribution in [0.2, 0.25) is 0 Å². The Kier molecular flexibility index (Phi) is 12.3. The van der Waals surface area contributed by atoms with Crippen molar-refractivity contribution < 1.29 is 13.6 Å². The summed E-state index contributed by atoms with van der Waals surface area (Å²) in [6, 6.07) is 0. The average Bonchev–Trinajstić information content (AvgIpc) is 2.33. The van der Waals surface area contributed by atoms with Crippen LogP contribution in [0.15, 0.2) is 0 Å². The van der Waals surface area contributed by atoms with Gasteiger partial charge in [0.2, 0.25) is 0 Å². The van der Waals surface area contributed by atoms with Gasteiger partial charge in [-0.15, -0.1) is 0 Å². The van der Waals surface area contributed by atoms with Gasteiger partial charge in [-0.25, -0.2) is 0 Å². The average molecular weight is 278 g/mol. The smallest absolute Gasteiger partial charge is 0.309 e. The van der Waals surface area contributed by atoms with Crippen LogP contribution in [0.25, 0.3) is 0 Å². The van der Waals surface area contributed by atoms with Crippen LogP contribution in [0.3, 0.4) is 0 Å². The summed E-state index contributed by atoms with van der Waals surface area (Å²) in [4.78, 5) is 0. The molecule has 4 heteroatoms. The molecule has 0 aliphatic carbocycles. The lowest BCUT2D eigenvalue weighted by Crippen LogP contribution is -1.98. The maximum atomic E-state index is 11.9. The van der Waals surface area contributed by atoms with Gasteiger partial charge in [-0.3, -0.25) is 4.57 Å². The molecule has 0 aromatic rings. The molecule has 0 amide bonds. The van der Waals surface area contributed by atoms with Crippen LogP contribution >= 0.6 is 7.60 Å². The second-order valence-corrected chi connectivity index (χ2v) is 6.97. The molecule has 0 aromatic carbocycles. The molecule has 18 heavy (non-hydrogen) atoms. The zero-order valence-corrected chi connectivity index (χ0v) is 13.3. The van der Waals surface area contributed by atoms with Gasteiger partial charge in [0, 0.05) is 6.66 Å². The predicted octanol–water partition coefficient (Wildman–Crippen LogP) is 5.39. The van der Waals surface area contributed by atoms with E-state index in [9.17, 15) is 4.57 Å². The van der Waals surface area contributed by atoms with E-state index in [-0.39, 0.29) is 0 Å². The Morgan fingerprint density at radius 2 is 1.11 bits per heavy atom. The lowest BCUT2D eigenvalue weighted by Gasteiger charge is -2.14. The van der Waals surface area contributed by atoms with Gasteiger partial charge in [0.1, 0.15) is 0 Å². The van der Waals surface area contributed by atoms with Crippen molar-refractivity contribution in [2.24, 2.45) is 0 Å². The highest BCUT2D eigenvalue weighted by atomic mass is 31.2. The summed E-state index contributed by atoms with van der Waals surface area (Å²) in [6.45, 7) is 7.07. The van der Waals surface area contributed by atoms with Crippen molar-refractivity contribution in [1.82, 2.24) is 0 Å². The fraction of sp³-hybridized carbons (Fsp3) is 1.00. The van der Waals surface area contributed by atoms with E-state index < -0.39 is 7.60 Å². The standard InChI is InChI=1S/C14H31O3P/c1-4-6-8-10-12-14-17-18(3,15)16-13-11-9-7-5-2/h4-14H2,1-3H3. The van der Waals surface area contributed by atoms with E-state index in [2.05, 4.69) is 13.8 Å². The summed E-state index contributed by atoms with van der Waals surface area (Å²) in [5.41, 5.74) is 0. The summed E-state index contributed by atoms with van der Waals surface area (Å²) in [6.07, 6.45) is 10.4. The van der Waals surface area contributed by atoms with Crippen molar-refractivity contribution in [2.75, 3.05) is 19.9 Å². The first kappa shape index (κ1) is 18.1. The monoisotopic (exact) mass is 278 g/mol. The third-order valence-electron chi connectivity index (χ3n) is 2.90. The first-order valence-electron chi connectivity index (χ1n) is 7.49. The first-order valence-corrected chi connectivity index (χ1v) is 9.48. The topological polar surface area (TPSA) is 35.5 Å². The summed E-state index contributed by atoms with van der Waals surface area (Å²) in [5.74, 6) is 0. The Morgan fingerprint density at radius 3 is 1.56 bits per heavy atom. The minimum Gasteiger partial charge on any atom is -0.309 e. The molecule has 0 rings (SSSR count). The molecule has 0 aromatic heterocycles. The zero-order valence-electron chi connectivity index (χ0n) is 12.5. The lowest BCUT2D eigenvalue weighted by molar-refractivity contribution is 0.202. The van der Waals surface area contributed by atoms with E-state index in [1.165, 1.54) is 32.1 Å². The SMILES string of the molecule is CCCCCCCOP(C)(=O)OCCCCCC. The van der Waals surface area contributed by atoms with Crippen molar-refractivity contribution in [2.45, 2.75) is 71.6 Å². The van der Waals surface area contributed by atoms with Crippen LogP contribution in [-0.2, 0) is 13.6 Å². The molecule has 0 bridgehead atoms. The summed E-state index contributed by atoms with van der Waals surface area (Å²) < 4.78 is 22.6. The highest BCUT2D eigenvalue weighted by molar-refractivity contribution is 7.52. The van der Waals surface area contributed by atoms with Crippen LogP contribution in [-0.4, -0.2) is 19.9 Å². The Labute approximate surface area is 113 Å². The van der Waals surface area contributed by atoms with Crippen LogP contribution in [0.4, 0.5) is 0 Å². The van der Waals surface area contributed by atoms with Crippen LogP contribution in [0.1, 0.15) is 71.6 Å². The third-order valence-corrected chi connectivity index (χ3v) is 4.20. The van der Waals surface area contributed by atoms with Gasteiger partial charge in [0.15, 0.2) is 0 Å². The summed E-state index contributed by atoms with van der Waals surface area (Å²) >= 11 is 0. The second kappa shape index (κ2) is 12.2. The molecule has 0 heterocycles. The number of unbranched alkanes of at least 4 members (excludes halogenated alkanes) is 7. The highest BCUT2D eigenvalue weighted by Crippen LogP contribution is 2.44. The Balaban J connectivity index is 3.40. The van der Waals surface area contributed by atoms with Crippen molar-refractivity contribution in [1.29, 1.82) is 0 Å². The maximum absolute atomic E-state index is 11.9. The van der Waals surface area contributed by atoms with Gasteiger partial charge in [-0.2, -0.15) is 0 Å². The van der Waals surface area contributed by atoms with E-state index in [0.29, 0.717) is 13.2 Å². The molecule has 0 spiro atoms. The summed E-state index contributed by atoms with van der Waals surface area (Å²) in [5, 5.41) is 0. The molecule has 0 saturated heterocycles. The van der Waals surface area contributed by atoms with Crippen LogP contribution in [0, 0.1) is 0 Å². The van der Waals surface area contributed by atoms with E-state index in [1.54, 1.807) is 6.66 Å². The van der Waals surface area contributed by atoms with Crippen molar-refractivity contribution in [3.63, 3.8) is 0 Å². The molecule has 0 aliphatic heterocycles. The summed E-state index contributed by atoms with van der Waals surface area (Å²) in [7, 11) is -2.80. The third kappa shape index (κ3) is 12.6. The van der Waals surface area contributed by atoms with E-state index in [1.807, 2.05) is 0 Å². The quantitative estimate of drug-likeness (QED) is 0.334. The maximum Gasteiger partial charge on any atom is 0.327 e. The van der Waals surface area contributed by atoms with Gasteiger partial charge in [-0.1, -0.05) is 58.8 Å². The molecule has 3 nitrogen and oxygen atoms in total. The van der Waals surface area contributed by atoms with Crippen molar-refractivity contribution in [3.05, 3.63) is 0 Å². The van der Waals surface area contributed by atoms with Crippen LogP contribution in [0.5, 0.6) is 0 Å². The molecule has 110 valence electrons. The van der Waals surface area contributed by atoms with Gasteiger partial charge < -0.3 is 9.05 Å². The largest absolute Gasteiger partial charge is 0.327 e. The normalized spacial score (nSPS) is 14.6. The molecular weight excluding hydrogens is 247 g/mol. The van der Waals surface area contributed by atoms with Crippen molar-refractivity contribution in [3.8, 4) is 0 Å². The van der Waals surface area contributed by atoms with Gasteiger partial charge in [0.25, 0.3) is 0 Å². The van der Waals surface area contributed by atoms with E-state index in [0.717, 1.165) is 25.7 Å². The number of rotatable bonds is 13. The molecule has 1 atom stereocenters. The van der Waals surface area contributed by atoms with Gasteiger partial charge in [0.05, 0.1) is 13.2 Å². The molecular formula is C14H31O3P. The van der Waals surface area contributed by atoms with E-state index >= 15 is 0 Å². The fourth-order valence-electron chi connectivity index (χ4n) is 1.73. The number of hydrogen-bond donors (Lipinski definition) is 0. The Hall–Kier alpha value is 0.150. The molecule has 0 saturated carbocycles. The van der Waals surface area contributed by atoms with Crippen LogP contribution < -0.4 is 0 Å². The lowest BCUT2D eigenvalue weighted by atomic mass is 10.2. The number of hydrogen-bond acceptors (Lipinski definition) is 3. The van der Waals surface area contributed by atoms with Gasteiger partial charge in [-0.05, 0) is 12.8 Å². The molecule has 0 radical (unpaired) electrons. The predicted molar refractivity (Wildman–Crippen MR) is 78.3 cm³/mol. The molecule has 0 aliphatic rings. The van der Waals surface area contributed by atoms with E-state index in [4.69, 9.17) is 9.05 Å². The highest BCUT2D eigenvalue weighted by Gasteiger charge is 2.15. The molecule has 0 fully saturated rings. The minimum atomic E-state index is -2.80. The Bertz CT molecular complexity index is 219. The van der Waals surface area contributed by atoms with Crippen molar-refractivity contribution >= 4 is 7.60 Å². The molecule has 0 N–H and O–H groups in total. The fourth-order valence-corrected chi connectivity index (χ4v) is 2.73. The molecule has 1 unspecified atom stereocenters.